The number of hydrogen-bond acceptors (Lipinski definition) is 5. The molecule has 2 aromatic rings. The molecule has 1 aliphatic heterocycles. The Bertz CT molecular complexity index is 1150. The molecule has 0 bridgehead atoms. The standard InChI is InChI=1S/C29H37N3O6/c1-19(2)15-24(26(35)30-20(3)16-25(33)34)32-27(36)29(4,5)31(28(32)37)17-21-11-13-23(14-12-21)38-18-22-9-7-6-8-10-22/h6-14,19-20,24H,15-18H2,1-5H3,(H,30,35)(H,33,34)/t20-,24+/m1/s1. The average Bonchev–Trinajstić information content (AvgIpc) is 3.01. The topological polar surface area (TPSA) is 116 Å². The lowest BCUT2D eigenvalue weighted by molar-refractivity contribution is -0.140. The lowest BCUT2D eigenvalue weighted by Crippen LogP contribution is -2.53. The van der Waals surface area contributed by atoms with E-state index in [-0.39, 0.29) is 25.3 Å². The third kappa shape index (κ3) is 6.90. The molecule has 0 aliphatic carbocycles. The van der Waals surface area contributed by atoms with Crippen molar-refractivity contribution in [1.82, 2.24) is 15.1 Å². The minimum Gasteiger partial charge on any atom is -0.489 e. The monoisotopic (exact) mass is 523 g/mol. The first-order valence-corrected chi connectivity index (χ1v) is 12.8. The Morgan fingerprint density at radius 1 is 0.974 bits per heavy atom. The van der Waals surface area contributed by atoms with Gasteiger partial charge in [-0.15, -0.1) is 0 Å². The molecule has 9 heteroatoms. The summed E-state index contributed by atoms with van der Waals surface area (Å²) < 4.78 is 5.84. The Morgan fingerprint density at radius 2 is 1.61 bits per heavy atom. The van der Waals surface area contributed by atoms with Crippen molar-refractivity contribution in [3.63, 3.8) is 0 Å². The first-order chi connectivity index (χ1) is 17.9. The van der Waals surface area contributed by atoms with Crippen molar-refractivity contribution in [2.45, 2.75) is 78.2 Å². The first kappa shape index (κ1) is 28.7. The van der Waals surface area contributed by atoms with Crippen LogP contribution in [0.15, 0.2) is 54.6 Å². The second-order valence-corrected chi connectivity index (χ2v) is 10.7. The van der Waals surface area contributed by atoms with Crippen LogP contribution in [0.1, 0.15) is 58.6 Å². The zero-order valence-corrected chi connectivity index (χ0v) is 22.6. The van der Waals surface area contributed by atoms with Gasteiger partial charge in [0.15, 0.2) is 0 Å². The number of rotatable bonds is 12. The van der Waals surface area contributed by atoms with Crippen molar-refractivity contribution in [2.24, 2.45) is 5.92 Å². The number of amides is 4. The highest BCUT2D eigenvalue weighted by Gasteiger charge is 2.54. The molecule has 1 saturated heterocycles. The van der Waals surface area contributed by atoms with E-state index in [1.165, 1.54) is 4.90 Å². The van der Waals surface area contributed by atoms with E-state index in [2.05, 4.69) is 5.32 Å². The summed E-state index contributed by atoms with van der Waals surface area (Å²) in [6.45, 7) is 9.33. The van der Waals surface area contributed by atoms with Gasteiger partial charge in [-0.25, -0.2) is 9.69 Å². The van der Waals surface area contributed by atoms with Crippen LogP contribution >= 0.6 is 0 Å². The molecule has 2 N–H and O–H groups in total. The van der Waals surface area contributed by atoms with Gasteiger partial charge >= 0.3 is 12.0 Å². The fraction of sp³-hybridized carbons (Fsp3) is 0.448. The Kier molecular flexibility index (Phi) is 9.14. The highest BCUT2D eigenvalue weighted by atomic mass is 16.5. The van der Waals surface area contributed by atoms with Crippen LogP contribution in [-0.2, 0) is 27.5 Å². The molecule has 0 unspecified atom stereocenters. The average molecular weight is 524 g/mol. The van der Waals surface area contributed by atoms with E-state index >= 15 is 0 Å². The van der Waals surface area contributed by atoms with E-state index in [0.29, 0.717) is 12.4 Å². The van der Waals surface area contributed by atoms with Crippen LogP contribution in [0.5, 0.6) is 5.75 Å². The number of benzene rings is 2. The molecule has 0 radical (unpaired) electrons. The van der Waals surface area contributed by atoms with E-state index in [9.17, 15) is 19.2 Å². The van der Waals surface area contributed by atoms with Crippen LogP contribution in [0.25, 0.3) is 0 Å². The molecule has 1 fully saturated rings. The highest BCUT2D eigenvalue weighted by Crippen LogP contribution is 2.33. The second kappa shape index (κ2) is 12.1. The van der Waals surface area contributed by atoms with Crippen LogP contribution in [0.3, 0.4) is 0 Å². The number of aliphatic carboxylic acids is 1. The summed E-state index contributed by atoms with van der Waals surface area (Å²) >= 11 is 0. The summed E-state index contributed by atoms with van der Waals surface area (Å²) in [6.07, 6.45) is 0.00514. The number of imide groups is 1. The molecule has 0 aromatic heterocycles. The van der Waals surface area contributed by atoms with Gasteiger partial charge in [-0.05, 0) is 56.4 Å². The molecular weight excluding hydrogens is 486 g/mol. The van der Waals surface area contributed by atoms with Gasteiger partial charge in [0.05, 0.1) is 6.42 Å². The number of carbonyl (C=O) groups is 4. The molecule has 2 aromatic carbocycles. The lowest BCUT2D eigenvalue weighted by atomic mass is 9.99. The van der Waals surface area contributed by atoms with Crippen LogP contribution in [0, 0.1) is 5.92 Å². The summed E-state index contributed by atoms with van der Waals surface area (Å²) in [4.78, 5) is 53.8. The van der Waals surface area contributed by atoms with Gasteiger partial charge in [0.25, 0.3) is 5.91 Å². The highest BCUT2D eigenvalue weighted by molar-refractivity contribution is 6.09. The largest absolute Gasteiger partial charge is 0.489 e. The van der Waals surface area contributed by atoms with Crippen LogP contribution in [0.2, 0.25) is 0 Å². The predicted molar refractivity (Wildman–Crippen MR) is 142 cm³/mol. The zero-order chi connectivity index (χ0) is 28.0. The SMILES string of the molecule is CC(C)C[C@@H](C(=O)N[C@H](C)CC(=O)O)N1C(=O)N(Cc2ccc(OCc3ccccc3)cc2)C(C)(C)C1=O. The maximum atomic E-state index is 13.6. The molecule has 2 atom stereocenters. The van der Waals surface area contributed by atoms with E-state index < -0.39 is 41.4 Å². The number of urea groups is 1. The molecule has 0 spiro atoms. The normalized spacial score (nSPS) is 16.5. The van der Waals surface area contributed by atoms with Crippen LogP contribution < -0.4 is 10.1 Å². The molecule has 38 heavy (non-hydrogen) atoms. The number of hydrogen-bond donors (Lipinski definition) is 2. The number of nitrogens with one attached hydrogen (secondary N) is 1. The fourth-order valence-electron chi connectivity index (χ4n) is 4.45. The van der Waals surface area contributed by atoms with E-state index in [1.807, 2.05) is 68.4 Å². The van der Waals surface area contributed by atoms with E-state index in [0.717, 1.165) is 16.0 Å². The predicted octanol–water partition coefficient (Wildman–Crippen LogP) is 4.20. The fourth-order valence-corrected chi connectivity index (χ4v) is 4.45. The number of nitrogens with zero attached hydrogens (tertiary/aromatic N) is 2. The number of carboxylic acid groups (broad SMARTS) is 1. The van der Waals surface area contributed by atoms with Crippen LogP contribution in [0.4, 0.5) is 4.79 Å². The molecular formula is C29H37N3O6. The molecule has 204 valence electrons. The first-order valence-electron chi connectivity index (χ1n) is 12.8. The third-order valence-corrected chi connectivity index (χ3v) is 6.54. The van der Waals surface area contributed by atoms with Gasteiger partial charge in [-0.1, -0.05) is 56.3 Å². The molecule has 4 amide bonds. The molecule has 3 rings (SSSR count). The van der Waals surface area contributed by atoms with Gasteiger partial charge in [-0.2, -0.15) is 0 Å². The number of ether oxygens (including phenoxy) is 1. The maximum absolute atomic E-state index is 13.6. The minimum absolute atomic E-state index is 0.0155. The summed E-state index contributed by atoms with van der Waals surface area (Å²) in [7, 11) is 0. The Balaban J connectivity index is 1.74. The quantitative estimate of drug-likeness (QED) is 0.403. The van der Waals surface area contributed by atoms with Crippen molar-refractivity contribution < 1.29 is 29.0 Å². The van der Waals surface area contributed by atoms with Crippen LogP contribution in [-0.4, -0.2) is 56.3 Å². The Hall–Kier alpha value is -3.88. The molecule has 0 saturated carbocycles. The lowest BCUT2D eigenvalue weighted by Gasteiger charge is -2.28. The zero-order valence-electron chi connectivity index (χ0n) is 22.6. The summed E-state index contributed by atoms with van der Waals surface area (Å²) in [6, 6.07) is 14.9. The van der Waals surface area contributed by atoms with Crippen molar-refractivity contribution >= 4 is 23.8 Å². The molecule has 1 heterocycles. The third-order valence-electron chi connectivity index (χ3n) is 6.54. The van der Waals surface area contributed by atoms with Crippen molar-refractivity contribution in [3.8, 4) is 5.75 Å². The Morgan fingerprint density at radius 3 is 2.18 bits per heavy atom. The van der Waals surface area contributed by atoms with Gasteiger partial charge in [0.2, 0.25) is 5.91 Å². The van der Waals surface area contributed by atoms with Gasteiger partial charge in [0.1, 0.15) is 23.9 Å². The van der Waals surface area contributed by atoms with Crippen molar-refractivity contribution in [1.29, 1.82) is 0 Å². The summed E-state index contributed by atoms with van der Waals surface area (Å²) in [5, 5.41) is 11.7. The van der Waals surface area contributed by atoms with E-state index in [4.69, 9.17) is 9.84 Å². The maximum Gasteiger partial charge on any atom is 0.328 e. The van der Waals surface area contributed by atoms with Crippen molar-refractivity contribution in [3.05, 3.63) is 65.7 Å². The number of carboxylic acids is 1. The van der Waals surface area contributed by atoms with Gasteiger partial charge in [-0.3, -0.25) is 14.4 Å². The van der Waals surface area contributed by atoms with Gasteiger partial charge in [0, 0.05) is 12.6 Å². The minimum atomic E-state index is -1.16. The molecule has 9 nitrogen and oxygen atoms in total. The summed E-state index contributed by atoms with van der Waals surface area (Å²) in [5.41, 5.74) is 0.701. The summed E-state index contributed by atoms with van der Waals surface area (Å²) in [5.74, 6) is -1.34. The molecule has 1 aliphatic rings. The van der Waals surface area contributed by atoms with Crippen molar-refractivity contribution in [2.75, 3.05) is 0 Å². The Labute approximate surface area is 223 Å². The van der Waals surface area contributed by atoms with Gasteiger partial charge < -0.3 is 20.1 Å². The smallest absolute Gasteiger partial charge is 0.328 e. The van der Waals surface area contributed by atoms with E-state index in [1.54, 1.807) is 20.8 Å². The second-order valence-electron chi connectivity index (χ2n) is 10.7. The number of carbonyl (C=O) groups excluding carboxylic acids is 3.